The van der Waals surface area contributed by atoms with Crippen molar-refractivity contribution >= 4 is 50.7 Å². The van der Waals surface area contributed by atoms with Crippen molar-refractivity contribution in [2.75, 3.05) is 10.8 Å². The van der Waals surface area contributed by atoms with Crippen molar-refractivity contribution in [3.8, 4) is 0 Å². The average Bonchev–Trinajstić information content (AvgIpc) is 3.08. The SMILES string of the molecule is Cc1ccc(CN(C(=O)CN(c2cc(Cl)ccc2Cl)S(=O)(=O)c2ccc(C)cc2)[C@H](Cc2ccccc2)C(=O)NC2CCCCC2)cc1. The number of sulfonamides is 1. The van der Waals surface area contributed by atoms with Crippen molar-refractivity contribution in [3.05, 3.63) is 129 Å². The van der Waals surface area contributed by atoms with Crippen molar-refractivity contribution in [3.63, 3.8) is 0 Å². The number of amides is 2. The van der Waals surface area contributed by atoms with Crippen molar-refractivity contribution in [2.24, 2.45) is 0 Å². The van der Waals surface area contributed by atoms with Crippen LogP contribution in [0.2, 0.25) is 10.0 Å². The molecule has 1 saturated carbocycles. The lowest BCUT2D eigenvalue weighted by atomic mass is 9.94. The Morgan fingerprint density at radius 3 is 2.08 bits per heavy atom. The molecule has 1 N–H and O–H groups in total. The van der Waals surface area contributed by atoms with E-state index in [9.17, 15) is 18.0 Å². The Bertz CT molecular complexity index is 1810. The first-order chi connectivity index (χ1) is 23.0. The van der Waals surface area contributed by atoms with Crippen molar-refractivity contribution in [1.82, 2.24) is 10.2 Å². The Labute approximate surface area is 293 Å². The minimum Gasteiger partial charge on any atom is -0.352 e. The molecule has 1 fully saturated rings. The van der Waals surface area contributed by atoms with Crippen LogP contribution in [0.4, 0.5) is 5.69 Å². The molecule has 1 aliphatic carbocycles. The van der Waals surface area contributed by atoms with Gasteiger partial charge in [-0.1, -0.05) is 120 Å². The van der Waals surface area contributed by atoms with E-state index in [1.165, 1.54) is 29.2 Å². The highest BCUT2D eigenvalue weighted by Crippen LogP contribution is 2.33. The van der Waals surface area contributed by atoms with Crippen LogP contribution in [0.1, 0.15) is 54.4 Å². The molecular weight excluding hydrogens is 665 g/mol. The van der Waals surface area contributed by atoms with Crippen LogP contribution in [0, 0.1) is 13.8 Å². The number of carbonyl (C=O) groups is 2. The van der Waals surface area contributed by atoms with Gasteiger partial charge in [-0.05, 0) is 68.1 Å². The molecule has 0 heterocycles. The highest BCUT2D eigenvalue weighted by atomic mass is 35.5. The molecule has 4 aromatic carbocycles. The number of benzene rings is 4. The minimum atomic E-state index is -4.30. The zero-order valence-electron chi connectivity index (χ0n) is 27.2. The Morgan fingerprint density at radius 2 is 1.44 bits per heavy atom. The Kier molecular flexibility index (Phi) is 11.8. The molecule has 10 heteroatoms. The Hall–Kier alpha value is -3.85. The summed E-state index contributed by atoms with van der Waals surface area (Å²) in [6.07, 6.45) is 5.21. The second-order valence-electron chi connectivity index (χ2n) is 12.5. The Morgan fingerprint density at radius 1 is 0.812 bits per heavy atom. The van der Waals surface area contributed by atoms with Gasteiger partial charge in [-0.15, -0.1) is 0 Å². The zero-order chi connectivity index (χ0) is 34.3. The van der Waals surface area contributed by atoms with Gasteiger partial charge in [0.05, 0.1) is 15.6 Å². The molecule has 0 bridgehead atoms. The van der Waals surface area contributed by atoms with E-state index in [-0.39, 0.29) is 45.5 Å². The summed E-state index contributed by atoms with van der Waals surface area (Å²) in [4.78, 5) is 30.5. The summed E-state index contributed by atoms with van der Waals surface area (Å²) in [5.74, 6) is -0.818. The summed E-state index contributed by atoms with van der Waals surface area (Å²) in [5, 5.41) is 3.60. The number of hydrogen-bond donors (Lipinski definition) is 1. The van der Waals surface area contributed by atoms with Gasteiger partial charge in [-0.25, -0.2) is 8.42 Å². The standard InChI is InChI=1S/C38H41Cl2N3O4S/c1-27-13-17-30(18-14-27)25-42(36(23-29-9-5-3-6-10-29)38(45)41-32-11-7-4-8-12-32)37(44)26-43(35-24-31(39)19-22-34(35)40)48(46,47)33-20-15-28(2)16-21-33/h3,5-6,9-10,13-22,24,32,36H,4,7-8,11-12,23,25-26H2,1-2H3,(H,41,45)/t36-/m1/s1. The van der Waals surface area contributed by atoms with Gasteiger partial charge in [-0.3, -0.25) is 13.9 Å². The lowest BCUT2D eigenvalue weighted by molar-refractivity contribution is -0.140. The number of carbonyl (C=O) groups excluding carboxylic acids is 2. The summed E-state index contributed by atoms with van der Waals surface area (Å²) < 4.78 is 29.6. The first-order valence-corrected chi connectivity index (χ1v) is 18.4. The predicted molar refractivity (Wildman–Crippen MR) is 193 cm³/mol. The third-order valence-corrected chi connectivity index (χ3v) is 11.1. The molecule has 0 aromatic heterocycles. The number of anilines is 1. The highest BCUT2D eigenvalue weighted by molar-refractivity contribution is 7.92. The van der Waals surface area contributed by atoms with E-state index in [1.807, 2.05) is 68.4 Å². The molecule has 0 aliphatic heterocycles. The number of hydrogen-bond acceptors (Lipinski definition) is 4. The van der Waals surface area contributed by atoms with Crippen LogP contribution >= 0.6 is 23.2 Å². The molecule has 1 aliphatic rings. The predicted octanol–water partition coefficient (Wildman–Crippen LogP) is 7.89. The Balaban J connectivity index is 1.58. The fourth-order valence-electron chi connectivity index (χ4n) is 6.02. The molecule has 7 nitrogen and oxygen atoms in total. The summed E-state index contributed by atoms with van der Waals surface area (Å²) in [6.45, 7) is 3.32. The van der Waals surface area contributed by atoms with Crippen molar-refractivity contribution in [2.45, 2.75) is 75.9 Å². The summed E-state index contributed by atoms with van der Waals surface area (Å²) in [6, 6.07) is 27.3. The molecular formula is C38H41Cl2N3O4S. The van der Waals surface area contributed by atoms with Gasteiger partial charge >= 0.3 is 0 Å². The van der Waals surface area contributed by atoms with Crippen LogP contribution < -0.4 is 9.62 Å². The van der Waals surface area contributed by atoms with E-state index >= 15 is 0 Å². The zero-order valence-corrected chi connectivity index (χ0v) is 29.6. The second-order valence-corrected chi connectivity index (χ2v) is 15.2. The molecule has 0 saturated heterocycles. The van der Waals surface area contributed by atoms with Crippen LogP contribution in [0.5, 0.6) is 0 Å². The topological polar surface area (TPSA) is 86.8 Å². The van der Waals surface area contributed by atoms with Gasteiger partial charge in [0.25, 0.3) is 10.0 Å². The minimum absolute atomic E-state index is 0.00194. The number of halogens is 2. The molecule has 0 unspecified atom stereocenters. The van der Waals surface area contributed by atoms with E-state index in [0.29, 0.717) is 0 Å². The highest BCUT2D eigenvalue weighted by Gasteiger charge is 2.36. The normalized spacial score (nSPS) is 14.2. The fourth-order valence-corrected chi connectivity index (χ4v) is 7.88. The van der Waals surface area contributed by atoms with Gasteiger partial charge < -0.3 is 10.2 Å². The molecule has 252 valence electrons. The van der Waals surface area contributed by atoms with E-state index in [4.69, 9.17) is 23.2 Å². The summed E-state index contributed by atoms with van der Waals surface area (Å²) >= 11 is 12.9. The quantitative estimate of drug-likeness (QED) is 0.162. The van der Waals surface area contributed by atoms with E-state index in [1.54, 1.807) is 18.2 Å². The smallest absolute Gasteiger partial charge is 0.264 e. The molecule has 4 aromatic rings. The number of nitrogens with one attached hydrogen (secondary N) is 1. The molecule has 0 spiro atoms. The number of nitrogens with zero attached hydrogens (tertiary/aromatic N) is 2. The maximum Gasteiger partial charge on any atom is 0.264 e. The lowest BCUT2D eigenvalue weighted by Gasteiger charge is -2.35. The van der Waals surface area contributed by atoms with E-state index in [2.05, 4.69) is 5.32 Å². The van der Waals surface area contributed by atoms with Gasteiger partial charge in [0.1, 0.15) is 12.6 Å². The molecule has 2 amide bonds. The second kappa shape index (κ2) is 16.0. The van der Waals surface area contributed by atoms with Gasteiger partial charge in [-0.2, -0.15) is 0 Å². The lowest BCUT2D eigenvalue weighted by Crippen LogP contribution is -2.55. The van der Waals surface area contributed by atoms with Crippen molar-refractivity contribution in [1.29, 1.82) is 0 Å². The summed E-state index contributed by atoms with van der Waals surface area (Å²) in [5.41, 5.74) is 3.70. The maximum atomic E-state index is 14.7. The summed E-state index contributed by atoms with van der Waals surface area (Å²) in [7, 11) is -4.30. The monoisotopic (exact) mass is 705 g/mol. The van der Waals surface area contributed by atoms with Crippen LogP contribution in [0.3, 0.4) is 0 Å². The van der Waals surface area contributed by atoms with Gasteiger partial charge in [0.2, 0.25) is 11.8 Å². The fraction of sp³-hybridized carbons (Fsp3) is 0.316. The van der Waals surface area contributed by atoms with E-state index < -0.39 is 28.5 Å². The largest absolute Gasteiger partial charge is 0.352 e. The number of aryl methyl sites for hydroxylation is 2. The molecule has 0 radical (unpaired) electrons. The van der Waals surface area contributed by atoms with Crippen LogP contribution in [0.15, 0.2) is 102 Å². The number of rotatable bonds is 12. The molecule has 1 atom stereocenters. The third-order valence-electron chi connectivity index (χ3n) is 8.76. The van der Waals surface area contributed by atoms with Crippen LogP contribution in [0.25, 0.3) is 0 Å². The van der Waals surface area contributed by atoms with Gasteiger partial charge in [0.15, 0.2) is 0 Å². The molecule has 5 rings (SSSR count). The third kappa shape index (κ3) is 8.98. The van der Waals surface area contributed by atoms with Crippen molar-refractivity contribution < 1.29 is 18.0 Å². The van der Waals surface area contributed by atoms with E-state index in [0.717, 1.165) is 58.7 Å². The first kappa shape index (κ1) is 35.5. The first-order valence-electron chi connectivity index (χ1n) is 16.2. The average molecular weight is 707 g/mol. The van der Waals surface area contributed by atoms with Crippen LogP contribution in [-0.2, 0) is 32.6 Å². The van der Waals surface area contributed by atoms with Gasteiger partial charge in [0, 0.05) is 24.0 Å². The maximum absolute atomic E-state index is 14.7. The van der Waals surface area contributed by atoms with Crippen LogP contribution in [-0.4, -0.2) is 43.8 Å². The molecule has 48 heavy (non-hydrogen) atoms.